The van der Waals surface area contributed by atoms with Crippen LogP contribution in [-0.4, -0.2) is 20.5 Å². The summed E-state index contributed by atoms with van der Waals surface area (Å²) in [5.74, 6) is 0.358. The molecule has 0 aromatic heterocycles. The summed E-state index contributed by atoms with van der Waals surface area (Å²) in [6.07, 6.45) is 4.04. The lowest BCUT2D eigenvalue weighted by molar-refractivity contribution is -0.137. The van der Waals surface area contributed by atoms with Gasteiger partial charge >= 0.3 is 5.97 Å². The van der Waals surface area contributed by atoms with Crippen LogP contribution in [0.3, 0.4) is 0 Å². The van der Waals surface area contributed by atoms with Crippen LogP contribution in [0.2, 0.25) is 18.1 Å². The molecule has 0 spiro atoms. The van der Waals surface area contributed by atoms with Gasteiger partial charge in [0, 0.05) is 5.57 Å². The fourth-order valence-corrected chi connectivity index (χ4v) is 2.78. The topological polar surface area (TPSA) is 47.6 Å². The number of carbonyl (C=O) groups is 1. The maximum atomic E-state index is 11.2. The second kappa shape index (κ2) is 4.24. The zero-order valence-electron chi connectivity index (χ0n) is 11.7. The Bertz CT molecular complexity index is 432. The quantitative estimate of drug-likeness (QED) is 0.617. The predicted molar refractivity (Wildman–Crippen MR) is 72.1 cm³/mol. The molecule has 5 heteroatoms. The highest BCUT2D eigenvalue weighted by atomic mass is 28.4. The van der Waals surface area contributed by atoms with Crippen molar-refractivity contribution < 1.29 is 14.0 Å². The molecule has 0 aromatic rings. The molecule has 0 bridgehead atoms. The standard InChI is InChI=1S/C13H21NO3Si/c1-13(2,3)18(4,5)17-10-7-6-9-8-11(15)16-12(9)14-10/h6-7,10,14H,8H2,1-5H3. The number of ether oxygens (including phenoxy) is 1. The van der Waals surface area contributed by atoms with Crippen molar-refractivity contribution in [2.45, 2.75) is 51.6 Å². The van der Waals surface area contributed by atoms with Gasteiger partial charge in [0.25, 0.3) is 0 Å². The van der Waals surface area contributed by atoms with E-state index >= 15 is 0 Å². The molecule has 2 rings (SSSR count). The molecule has 2 aliphatic rings. The van der Waals surface area contributed by atoms with Crippen LogP contribution in [0, 0.1) is 0 Å². The van der Waals surface area contributed by atoms with Crippen molar-refractivity contribution in [2.75, 3.05) is 0 Å². The van der Waals surface area contributed by atoms with E-state index in [0.29, 0.717) is 12.3 Å². The molecule has 18 heavy (non-hydrogen) atoms. The molecule has 0 saturated heterocycles. The molecule has 1 unspecified atom stereocenters. The zero-order valence-corrected chi connectivity index (χ0v) is 12.7. The lowest BCUT2D eigenvalue weighted by Gasteiger charge is -2.39. The Kier molecular flexibility index (Phi) is 3.15. The summed E-state index contributed by atoms with van der Waals surface area (Å²) in [5.41, 5.74) is 0.912. The van der Waals surface area contributed by atoms with E-state index in [4.69, 9.17) is 9.16 Å². The van der Waals surface area contributed by atoms with Crippen LogP contribution in [0.1, 0.15) is 27.2 Å². The summed E-state index contributed by atoms with van der Waals surface area (Å²) in [5, 5.41) is 3.29. The summed E-state index contributed by atoms with van der Waals surface area (Å²) in [4.78, 5) is 11.2. The van der Waals surface area contributed by atoms with E-state index in [9.17, 15) is 4.79 Å². The second-order valence-corrected chi connectivity index (χ2v) is 11.1. The lowest BCUT2D eigenvalue weighted by Crippen LogP contribution is -2.47. The van der Waals surface area contributed by atoms with E-state index in [1.54, 1.807) is 0 Å². The number of allylic oxidation sites excluding steroid dienone is 1. The van der Waals surface area contributed by atoms with Crippen LogP contribution in [0.4, 0.5) is 0 Å². The Balaban J connectivity index is 2.03. The van der Waals surface area contributed by atoms with Crippen molar-refractivity contribution in [3.8, 4) is 0 Å². The normalized spacial score (nSPS) is 23.8. The van der Waals surface area contributed by atoms with Gasteiger partial charge in [-0.1, -0.05) is 26.8 Å². The monoisotopic (exact) mass is 267 g/mol. The molecule has 2 aliphatic heterocycles. The van der Waals surface area contributed by atoms with E-state index in [2.05, 4.69) is 39.2 Å². The SMILES string of the molecule is CC(C)(C)[Si](C)(C)OC1C=CC2=C(N1)OC(=O)C2. The van der Waals surface area contributed by atoms with Crippen LogP contribution < -0.4 is 5.32 Å². The van der Waals surface area contributed by atoms with Gasteiger partial charge in [0.05, 0.1) is 6.42 Å². The fraction of sp³-hybridized carbons (Fsp3) is 0.615. The van der Waals surface area contributed by atoms with Gasteiger partial charge in [-0.05, 0) is 24.2 Å². The molecule has 0 aromatic carbocycles. The van der Waals surface area contributed by atoms with Crippen LogP contribution >= 0.6 is 0 Å². The number of hydrogen-bond donors (Lipinski definition) is 1. The van der Waals surface area contributed by atoms with E-state index in [-0.39, 0.29) is 17.2 Å². The Morgan fingerprint density at radius 1 is 1.44 bits per heavy atom. The van der Waals surface area contributed by atoms with E-state index in [1.807, 2.05) is 12.2 Å². The largest absolute Gasteiger partial charge is 0.409 e. The Labute approximate surface area is 109 Å². The van der Waals surface area contributed by atoms with Gasteiger partial charge in [-0.2, -0.15) is 0 Å². The molecule has 0 aliphatic carbocycles. The Morgan fingerprint density at radius 3 is 2.72 bits per heavy atom. The van der Waals surface area contributed by atoms with Crippen molar-refractivity contribution in [2.24, 2.45) is 0 Å². The summed E-state index contributed by atoms with van der Waals surface area (Å²) in [6, 6.07) is 0. The number of rotatable bonds is 2. The lowest BCUT2D eigenvalue weighted by atomic mass is 10.1. The third kappa shape index (κ3) is 2.52. The molecule has 0 saturated carbocycles. The highest BCUT2D eigenvalue weighted by Crippen LogP contribution is 2.37. The van der Waals surface area contributed by atoms with Crippen molar-refractivity contribution in [3.05, 3.63) is 23.6 Å². The first kappa shape index (κ1) is 13.4. The van der Waals surface area contributed by atoms with Gasteiger partial charge in [0.1, 0.15) is 6.23 Å². The highest BCUT2D eigenvalue weighted by Gasteiger charge is 2.40. The first-order valence-electron chi connectivity index (χ1n) is 6.25. The summed E-state index contributed by atoms with van der Waals surface area (Å²) in [6.45, 7) is 11.0. The average molecular weight is 267 g/mol. The molecule has 0 amide bonds. The number of dihydropyridines is 1. The third-order valence-corrected chi connectivity index (χ3v) is 8.27. The van der Waals surface area contributed by atoms with E-state index < -0.39 is 8.32 Å². The summed E-state index contributed by atoms with van der Waals surface area (Å²) < 4.78 is 11.3. The minimum Gasteiger partial charge on any atom is -0.409 e. The zero-order chi connectivity index (χ0) is 13.6. The smallest absolute Gasteiger partial charge is 0.317 e. The number of carbonyl (C=O) groups excluding carboxylic acids is 1. The molecular weight excluding hydrogens is 246 g/mol. The predicted octanol–water partition coefficient (Wildman–Crippen LogP) is 2.65. The number of esters is 1. The van der Waals surface area contributed by atoms with Crippen LogP contribution in [0.25, 0.3) is 0 Å². The maximum Gasteiger partial charge on any atom is 0.317 e. The fourth-order valence-electron chi connectivity index (χ4n) is 1.65. The minimum atomic E-state index is -1.83. The summed E-state index contributed by atoms with van der Waals surface area (Å²) in [7, 11) is -1.83. The molecule has 1 N–H and O–H groups in total. The molecule has 0 fully saturated rings. The summed E-state index contributed by atoms with van der Waals surface area (Å²) >= 11 is 0. The number of hydrogen-bond acceptors (Lipinski definition) is 4. The highest BCUT2D eigenvalue weighted by molar-refractivity contribution is 6.74. The molecular formula is C13H21NO3Si. The molecule has 4 nitrogen and oxygen atoms in total. The van der Waals surface area contributed by atoms with Gasteiger partial charge in [0.2, 0.25) is 5.88 Å². The van der Waals surface area contributed by atoms with Crippen LogP contribution in [0.15, 0.2) is 23.6 Å². The first-order valence-corrected chi connectivity index (χ1v) is 9.16. The van der Waals surface area contributed by atoms with Crippen molar-refractivity contribution in [1.29, 1.82) is 0 Å². The molecule has 2 heterocycles. The van der Waals surface area contributed by atoms with Crippen LogP contribution in [0.5, 0.6) is 0 Å². The molecule has 1 atom stereocenters. The second-order valence-electron chi connectivity index (χ2n) is 6.31. The van der Waals surface area contributed by atoms with Crippen molar-refractivity contribution in [3.63, 3.8) is 0 Å². The van der Waals surface area contributed by atoms with E-state index in [0.717, 1.165) is 5.57 Å². The van der Waals surface area contributed by atoms with Gasteiger partial charge < -0.3 is 14.5 Å². The van der Waals surface area contributed by atoms with Crippen LogP contribution in [-0.2, 0) is 14.0 Å². The van der Waals surface area contributed by atoms with Crippen molar-refractivity contribution >= 4 is 14.3 Å². The number of nitrogens with one attached hydrogen (secondary N) is 1. The average Bonchev–Trinajstić information content (AvgIpc) is 2.54. The third-order valence-electron chi connectivity index (χ3n) is 3.82. The molecule has 0 radical (unpaired) electrons. The first-order chi connectivity index (χ1) is 8.19. The van der Waals surface area contributed by atoms with Crippen molar-refractivity contribution in [1.82, 2.24) is 5.32 Å². The van der Waals surface area contributed by atoms with Gasteiger partial charge in [-0.25, -0.2) is 0 Å². The van der Waals surface area contributed by atoms with Gasteiger partial charge in [-0.15, -0.1) is 0 Å². The van der Waals surface area contributed by atoms with E-state index in [1.165, 1.54) is 0 Å². The maximum absolute atomic E-state index is 11.2. The minimum absolute atomic E-state index is 0.156. The Morgan fingerprint density at radius 2 is 2.11 bits per heavy atom. The molecule has 100 valence electrons. The Hall–Kier alpha value is -1.07. The van der Waals surface area contributed by atoms with Gasteiger partial charge in [-0.3, -0.25) is 4.79 Å². The van der Waals surface area contributed by atoms with Gasteiger partial charge in [0.15, 0.2) is 8.32 Å².